The largest absolute Gasteiger partial charge is 0.458 e. The molecule has 0 aliphatic carbocycles. The number of aromatic nitrogens is 3. The number of anilines is 1. The van der Waals surface area contributed by atoms with E-state index in [1.807, 2.05) is 24.4 Å². The van der Waals surface area contributed by atoms with Crippen molar-refractivity contribution in [2.75, 3.05) is 17.7 Å². The smallest absolute Gasteiger partial charge is 0.338 e. The summed E-state index contributed by atoms with van der Waals surface area (Å²) in [6.07, 6.45) is 2.61. The molecule has 1 unspecified atom stereocenters. The monoisotopic (exact) mass is 376 g/mol. The molecule has 2 aromatic rings. The van der Waals surface area contributed by atoms with Gasteiger partial charge in [-0.1, -0.05) is 37.4 Å². The number of thioether (sulfide) groups is 1. The van der Waals surface area contributed by atoms with Crippen LogP contribution in [-0.2, 0) is 9.53 Å². The fourth-order valence-corrected chi connectivity index (χ4v) is 4.07. The standard InChI is InChI=1S/C17H20N4O2S2/c1-4-8-23-15(22)13-11(3)18-16-19-17(25-9-5-2)20-21(16)14(13)12-7-6-10-24-12/h4,6-7,10,14H,1,5,8-9H2,2-3H3,(H,18,19,20). The lowest BCUT2D eigenvalue weighted by Gasteiger charge is -2.27. The maximum Gasteiger partial charge on any atom is 0.338 e. The quantitative estimate of drug-likeness (QED) is 0.450. The van der Waals surface area contributed by atoms with E-state index < -0.39 is 0 Å². The summed E-state index contributed by atoms with van der Waals surface area (Å²) in [5.41, 5.74) is 1.29. The Bertz CT molecular complexity index is 796. The molecule has 1 aliphatic heterocycles. The number of hydrogen-bond donors (Lipinski definition) is 1. The zero-order valence-electron chi connectivity index (χ0n) is 14.2. The number of esters is 1. The molecule has 3 heterocycles. The molecule has 0 bridgehead atoms. The summed E-state index contributed by atoms with van der Waals surface area (Å²) >= 11 is 3.19. The van der Waals surface area contributed by atoms with Crippen molar-refractivity contribution in [3.05, 3.63) is 46.3 Å². The molecule has 0 saturated carbocycles. The van der Waals surface area contributed by atoms with Gasteiger partial charge in [0.15, 0.2) is 0 Å². The van der Waals surface area contributed by atoms with Crippen LogP contribution < -0.4 is 5.32 Å². The van der Waals surface area contributed by atoms with Gasteiger partial charge in [-0.05, 0) is 24.8 Å². The van der Waals surface area contributed by atoms with Crippen molar-refractivity contribution in [2.24, 2.45) is 0 Å². The Hall–Kier alpha value is -2.06. The molecule has 132 valence electrons. The molecule has 2 aromatic heterocycles. The Morgan fingerprint density at radius 1 is 1.60 bits per heavy atom. The van der Waals surface area contributed by atoms with E-state index in [2.05, 4.69) is 28.9 Å². The summed E-state index contributed by atoms with van der Waals surface area (Å²) in [5, 5.41) is 10.5. The van der Waals surface area contributed by atoms with Crippen LogP contribution in [0.4, 0.5) is 5.95 Å². The third-order valence-electron chi connectivity index (χ3n) is 3.63. The van der Waals surface area contributed by atoms with E-state index >= 15 is 0 Å². The molecular weight excluding hydrogens is 356 g/mol. The molecule has 1 aliphatic rings. The Balaban J connectivity index is 2.01. The lowest BCUT2D eigenvalue weighted by Crippen LogP contribution is -2.29. The van der Waals surface area contributed by atoms with Crippen molar-refractivity contribution in [1.29, 1.82) is 0 Å². The number of carbonyl (C=O) groups excluding carboxylic acids is 1. The van der Waals surface area contributed by atoms with Gasteiger partial charge in [-0.3, -0.25) is 0 Å². The van der Waals surface area contributed by atoms with E-state index in [0.29, 0.717) is 16.7 Å². The normalized spacial score (nSPS) is 16.3. The average molecular weight is 377 g/mol. The van der Waals surface area contributed by atoms with Gasteiger partial charge in [0.1, 0.15) is 12.6 Å². The molecule has 1 N–H and O–H groups in total. The van der Waals surface area contributed by atoms with E-state index in [4.69, 9.17) is 4.74 Å². The summed E-state index contributed by atoms with van der Waals surface area (Å²) in [6.45, 7) is 7.75. The van der Waals surface area contributed by atoms with Crippen molar-refractivity contribution >= 4 is 35.0 Å². The Labute approximate surface area is 155 Å². The number of allylic oxidation sites excluding steroid dienone is 1. The highest BCUT2D eigenvalue weighted by Gasteiger charge is 2.35. The molecule has 0 amide bonds. The highest BCUT2D eigenvalue weighted by Crippen LogP contribution is 2.38. The highest BCUT2D eigenvalue weighted by atomic mass is 32.2. The van der Waals surface area contributed by atoms with Gasteiger partial charge in [0.2, 0.25) is 11.1 Å². The number of carbonyl (C=O) groups is 1. The number of hydrogen-bond acceptors (Lipinski definition) is 7. The molecule has 0 radical (unpaired) electrons. The number of fused-ring (bicyclic) bond motifs is 1. The van der Waals surface area contributed by atoms with Crippen LogP contribution in [0.25, 0.3) is 0 Å². The van der Waals surface area contributed by atoms with Crippen LogP contribution in [0.1, 0.15) is 31.2 Å². The second-order valence-corrected chi connectivity index (χ2v) is 7.52. The molecule has 8 heteroatoms. The molecule has 0 aromatic carbocycles. The zero-order chi connectivity index (χ0) is 17.8. The average Bonchev–Trinajstić information content (AvgIpc) is 3.25. The van der Waals surface area contributed by atoms with Gasteiger partial charge in [0, 0.05) is 16.3 Å². The van der Waals surface area contributed by atoms with Crippen LogP contribution in [-0.4, -0.2) is 33.1 Å². The van der Waals surface area contributed by atoms with E-state index in [-0.39, 0.29) is 18.6 Å². The number of rotatable bonds is 7. The summed E-state index contributed by atoms with van der Waals surface area (Å²) in [7, 11) is 0. The molecule has 1 atom stereocenters. The van der Waals surface area contributed by atoms with E-state index in [1.54, 1.807) is 33.9 Å². The van der Waals surface area contributed by atoms with Gasteiger partial charge in [-0.25, -0.2) is 9.48 Å². The highest BCUT2D eigenvalue weighted by molar-refractivity contribution is 7.99. The van der Waals surface area contributed by atoms with Crippen LogP contribution in [0.2, 0.25) is 0 Å². The fourth-order valence-electron chi connectivity index (χ4n) is 2.57. The van der Waals surface area contributed by atoms with Crippen molar-refractivity contribution in [1.82, 2.24) is 14.8 Å². The van der Waals surface area contributed by atoms with Crippen LogP contribution in [0.15, 0.2) is 46.6 Å². The number of nitrogens with one attached hydrogen (secondary N) is 1. The van der Waals surface area contributed by atoms with Crippen LogP contribution >= 0.6 is 23.1 Å². The summed E-state index contributed by atoms with van der Waals surface area (Å²) in [5.74, 6) is 1.23. The Morgan fingerprint density at radius 2 is 2.44 bits per heavy atom. The minimum Gasteiger partial charge on any atom is -0.458 e. The minimum atomic E-state index is -0.368. The lowest BCUT2D eigenvalue weighted by atomic mass is 10.0. The first-order chi connectivity index (χ1) is 12.2. The Kier molecular flexibility index (Phi) is 5.60. The fraction of sp³-hybridized carbons (Fsp3) is 0.353. The maximum absolute atomic E-state index is 12.6. The van der Waals surface area contributed by atoms with Crippen molar-refractivity contribution in [2.45, 2.75) is 31.5 Å². The number of thiophene rings is 1. The first-order valence-electron chi connectivity index (χ1n) is 8.04. The van der Waals surface area contributed by atoms with Crippen LogP contribution in [0.3, 0.4) is 0 Å². The third kappa shape index (κ3) is 3.64. The maximum atomic E-state index is 12.6. The van der Waals surface area contributed by atoms with E-state index in [9.17, 15) is 4.79 Å². The van der Waals surface area contributed by atoms with Gasteiger partial charge in [0.25, 0.3) is 0 Å². The molecule has 6 nitrogen and oxygen atoms in total. The third-order valence-corrected chi connectivity index (χ3v) is 5.60. The molecule has 0 spiro atoms. The van der Waals surface area contributed by atoms with Crippen LogP contribution in [0.5, 0.6) is 0 Å². The first-order valence-corrected chi connectivity index (χ1v) is 9.90. The van der Waals surface area contributed by atoms with Gasteiger partial charge in [-0.15, -0.1) is 16.4 Å². The van der Waals surface area contributed by atoms with Gasteiger partial charge in [-0.2, -0.15) is 4.98 Å². The topological polar surface area (TPSA) is 69.0 Å². The van der Waals surface area contributed by atoms with E-state index in [0.717, 1.165) is 22.7 Å². The molecule has 0 fully saturated rings. The summed E-state index contributed by atoms with van der Waals surface area (Å²) < 4.78 is 7.08. The van der Waals surface area contributed by atoms with Gasteiger partial charge < -0.3 is 10.1 Å². The van der Waals surface area contributed by atoms with Gasteiger partial charge >= 0.3 is 5.97 Å². The molecule has 25 heavy (non-hydrogen) atoms. The summed E-state index contributed by atoms with van der Waals surface area (Å²) in [6, 6.07) is 3.63. The zero-order valence-corrected chi connectivity index (χ0v) is 15.8. The van der Waals surface area contributed by atoms with Crippen molar-refractivity contribution in [3.63, 3.8) is 0 Å². The van der Waals surface area contributed by atoms with E-state index in [1.165, 1.54) is 0 Å². The SMILES string of the molecule is C=CCOC(=O)C1=C(C)Nc2nc(SCCC)nn2C1c1cccs1. The Morgan fingerprint density at radius 3 is 3.12 bits per heavy atom. The number of ether oxygens (including phenoxy) is 1. The van der Waals surface area contributed by atoms with Gasteiger partial charge in [0.05, 0.1) is 5.57 Å². The van der Waals surface area contributed by atoms with Crippen LogP contribution in [0, 0.1) is 0 Å². The lowest BCUT2D eigenvalue weighted by molar-refractivity contribution is -0.138. The summed E-state index contributed by atoms with van der Waals surface area (Å²) in [4.78, 5) is 18.2. The number of nitrogens with zero attached hydrogens (tertiary/aromatic N) is 3. The predicted octanol–water partition coefficient (Wildman–Crippen LogP) is 3.86. The molecular formula is C17H20N4O2S2. The predicted molar refractivity (Wildman–Crippen MR) is 101 cm³/mol. The molecule has 3 rings (SSSR count). The van der Waals surface area contributed by atoms with Crippen molar-refractivity contribution in [3.8, 4) is 0 Å². The second kappa shape index (κ2) is 7.88. The first kappa shape index (κ1) is 17.8. The molecule has 0 saturated heterocycles. The minimum absolute atomic E-state index is 0.175. The second-order valence-electron chi connectivity index (χ2n) is 5.48. The van der Waals surface area contributed by atoms with Crippen molar-refractivity contribution < 1.29 is 9.53 Å².